The molecule has 0 bridgehead atoms. The average Bonchev–Trinajstić information content (AvgIpc) is 2.88. The summed E-state index contributed by atoms with van der Waals surface area (Å²) in [4.78, 5) is 4.31. The number of phenols is 1. The van der Waals surface area contributed by atoms with E-state index in [4.69, 9.17) is 0 Å². The minimum absolute atomic E-state index is 0. The number of rotatable bonds is 4. The Balaban J connectivity index is 0.00000261. The Bertz CT molecular complexity index is 828. The van der Waals surface area contributed by atoms with E-state index in [1.54, 1.807) is 7.05 Å². The molecular formula is C20H30IN5O. The van der Waals surface area contributed by atoms with E-state index in [9.17, 15) is 5.11 Å². The maximum atomic E-state index is 10.3. The summed E-state index contributed by atoms with van der Waals surface area (Å²) < 4.78 is 1.90. The van der Waals surface area contributed by atoms with Gasteiger partial charge in [0.1, 0.15) is 5.75 Å². The number of aryl methyl sites for hydroxylation is 3. The first-order valence-corrected chi connectivity index (χ1v) is 9.27. The summed E-state index contributed by atoms with van der Waals surface area (Å²) in [6.45, 7) is 5.33. The Morgan fingerprint density at radius 1 is 1.15 bits per heavy atom. The maximum absolute atomic E-state index is 10.3. The van der Waals surface area contributed by atoms with Gasteiger partial charge in [-0.05, 0) is 56.7 Å². The van der Waals surface area contributed by atoms with Crippen LogP contribution in [0.3, 0.4) is 0 Å². The molecule has 148 valence electrons. The summed E-state index contributed by atoms with van der Waals surface area (Å²) in [5.41, 5.74) is 7.05. The van der Waals surface area contributed by atoms with Crippen LogP contribution in [0.4, 0.5) is 0 Å². The molecule has 27 heavy (non-hydrogen) atoms. The number of aliphatic imine (C=N–C) groups is 1. The van der Waals surface area contributed by atoms with Gasteiger partial charge >= 0.3 is 0 Å². The van der Waals surface area contributed by atoms with Gasteiger partial charge in [0.05, 0.1) is 5.69 Å². The molecular weight excluding hydrogens is 453 g/mol. The predicted molar refractivity (Wildman–Crippen MR) is 120 cm³/mol. The molecule has 0 spiro atoms. The van der Waals surface area contributed by atoms with E-state index in [0.29, 0.717) is 18.8 Å². The molecule has 6 nitrogen and oxygen atoms in total. The van der Waals surface area contributed by atoms with E-state index >= 15 is 0 Å². The molecule has 0 amide bonds. The number of nitrogens with zero attached hydrogens (tertiary/aromatic N) is 3. The van der Waals surface area contributed by atoms with Gasteiger partial charge in [0.25, 0.3) is 0 Å². The van der Waals surface area contributed by atoms with Crippen LogP contribution in [0.25, 0.3) is 0 Å². The number of aromatic nitrogens is 2. The van der Waals surface area contributed by atoms with Gasteiger partial charge in [-0.2, -0.15) is 5.10 Å². The SMILES string of the molecule is CN=C(NCc1c(O)ccc2c1CCCC2)NCc1c(C)nn(C)c1C.I. The van der Waals surface area contributed by atoms with E-state index in [2.05, 4.69) is 33.7 Å². The van der Waals surface area contributed by atoms with Crippen molar-refractivity contribution in [2.75, 3.05) is 7.05 Å². The molecule has 1 aliphatic carbocycles. The van der Waals surface area contributed by atoms with Crippen molar-refractivity contribution >= 4 is 29.9 Å². The van der Waals surface area contributed by atoms with Gasteiger partial charge in [-0.3, -0.25) is 9.67 Å². The number of aromatic hydroxyl groups is 1. The largest absolute Gasteiger partial charge is 0.508 e. The Morgan fingerprint density at radius 2 is 1.81 bits per heavy atom. The lowest BCUT2D eigenvalue weighted by Gasteiger charge is -2.21. The van der Waals surface area contributed by atoms with Crippen molar-refractivity contribution in [3.63, 3.8) is 0 Å². The number of hydrogen-bond donors (Lipinski definition) is 3. The lowest BCUT2D eigenvalue weighted by Crippen LogP contribution is -2.36. The molecule has 0 saturated carbocycles. The molecule has 1 aromatic heterocycles. The topological polar surface area (TPSA) is 74.5 Å². The van der Waals surface area contributed by atoms with E-state index in [0.717, 1.165) is 35.8 Å². The highest BCUT2D eigenvalue weighted by Gasteiger charge is 2.17. The molecule has 1 aliphatic rings. The third-order valence-corrected chi connectivity index (χ3v) is 5.37. The highest BCUT2D eigenvalue weighted by atomic mass is 127. The molecule has 0 saturated heterocycles. The fourth-order valence-corrected chi connectivity index (χ4v) is 3.73. The molecule has 2 aromatic rings. The minimum atomic E-state index is 0. The van der Waals surface area contributed by atoms with Crippen molar-refractivity contribution in [3.8, 4) is 5.75 Å². The smallest absolute Gasteiger partial charge is 0.191 e. The highest BCUT2D eigenvalue weighted by Crippen LogP contribution is 2.30. The number of guanidine groups is 1. The number of hydrogen-bond acceptors (Lipinski definition) is 3. The summed E-state index contributed by atoms with van der Waals surface area (Å²) in [6.07, 6.45) is 4.57. The van der Waals surface area contributed by atoms with Crippen LogP contribution in [0.1, 0.15) is 46.5 Å². The molecule has 1 heterocycles. The van der Waals surface area contributed by atoms with Crippen LogP contribution in [0.15, 0.2) is 17.1 Å². The third kappa shape index (κ3) is 4.75. The maximum Gasteiger partial charge on any atom is 0.191 e. The third-order valence-electron chi connectivity index (χ3n) is 5.37. The molecule has 0 unspecified atom stereocenters. The predicted octanol–water partition coefficient (Wildman–Crippen LogP) is 3.10. The van der Waals surface area contributed by atoms with Crippen molar-refractivity contribution < 1.29 is 5.11 Å². The van der Waals surface area contributed by atoms with Gasteiger partial charge in [-0.1, -0.05) is 6.07 Å². The van der Waals surface area contributed by atoms with Gasteiger partial charge in [-0.25, -0.2) is 0 Å². The number of halogens is 1. The Labute approximate surface area is 178 Å². The molecule has 0 fully saturated rings. The second-order valence-corrected chi connectivity index (χ2v) is 6.96. The van der Waals surface area contributed by atoms with Crippen LogP contribution >= 0.6 is 24.0 Å². The van der Waals surface area contributed by atoms with E-state index in [1.165, 1.54) is 29.5 Å². The van der Waals surface area contributed by atoms with Gasteiger partial charge < -0.3 is 15.7 Å². The van der Waals surface area contributed by atoms with Crippen molar-refractivity contribution in [2.24, 2.45) is 12.0 Å². The van der Waals surface area contributed by atoms with Crippen molar-refractivity contribution in [3.05, 3.63) is 45.8 Å². The second-order valence-electron chi connectivity index (χ2n) is 6.96. The molecule has 0 aliphatic heterocycles. The zero-order valence-electron chi connectivity index (χ0n) is 16.6. The van der Waals surface area contributed by atoms with Gasteiger partial charge in [-0.15, -0.1) is 24.0 Å². The van der Waals surface area contributed by atoms with Crippen molar-refractivity contribution in [1.82, 2.24) is 20.4 Å². The van der Waals surface area contributed by atoms with E-state index in [1.807, 2.05) is 24.7 Å². The Kier molecular flexibility index (Phi) is 7.52. The van der Waals surface area contributed by atoms with E-state index in [-0.39, 0.29) is 24.0 Å². The normalized spacial score (nSPS) is 13.7. The summed E-state index contributed by atoms with van der Waals surface area (Å²) in [5, 5.41) is 21.5. The fraction of sp³-hybridized carbons (Fsp3) is 0.500. The van der Waals surface area contributed by atoms with Gasteiger partial charge in [0.2, 0.25) is 0 Å². The monoisotopic (exact) mass is 483 g/mol. The van der Waals surface area contributed by atoms with Crippen LogP contribution in [-0.2, 0) is 33.0 Å². The minimum Gasteiger partial charge on any atom is -0.508 e. The van der Waals surface area contributed by atoms with Crippen molar-refractivity contribution in [1.29, 1.82) is 0 Å². The first kappa shape index (κ1) is 21.5. The molecule has 1 aromatic carbocycles. The van der Waals surface area contributed by atoms with Crippen LogP contribution in [0.2, 0.25) is 0 Å². The summed E-state index contributed by atoms with van der Waals surface area (Å²) in [6, 6.07) is 3.88. The number of nitrogens with one attached hydrogen (secondary N) is 2. The van der Waals surface area contributed by atoms with Crippen LogP contribution in [0, 0.1) is 13.8 Å². The number of phenolic OH excluding ortho intramolecular Hbond substituents is 1. The average molecular weight is 483 g/mol. The molecule has 3 rings (SSSR count). The lowest BCUT2D eigenvalue weighted by atomic mass is 9.88. The Hall–Kier alpha value is -1.77. The summed E-state index contributed by atoms with van der Waals surface area (Å²) >= 11 is 0. The summed E-state index contributed by atoms with van der Waals surface area (Å²) in [5.74, 6) is 1.09. The first-order chi connectivity index (χ1) is 12.5. The fourth-order valence-electron chi connectivity index (χ4n) is 3.73. The van der Waals surface area contributed by atoms with Crippen LogP contribution < -0.4 is 10.6 Å². The second kappa shape index (κ2) is 9.43. The number of fused-ring (bicyclic) bond motifs is 1. The van der Waals surface area contributed by atoms with Crippen molar-refractivity contribution in [2.45, 2.75) is 52.6 Å². The van der Waals surface area contributed by atoms with Crippen LogP contribution in [-0.4, -0.2) is 27.9 Å². The number of benzene rings is 1. The van der Waals surface area contributed by atoms with Gasteiger partial charge in [0.15, 0.2) is 5.96 Å². The first-order valence-electron chi connectivity index (χ1n) is 9.27. The van der Waals surface area contributed by atoms with Gasteiger partial charge in [0, 0.05) is 44.0 Å². The zero-order chi connectivity index (χ0) is 18.7. The van der Waals surface area contributed by atoms with E-state index < -0.39 is 0 Å². The molecule has 0 radical (unpaired) electrons. The molecule has 7 heteroatoms. The van der Waals surface area contributed by atoms with Crippen LogP contribution in [0.5, 0.6) is 5.75 Å². The standard InChI is InChI=1S/C20H29N5O.HI/c1-13-17(14(2)25(4)24-13)11-22-20(21-3)23-12-18-16-8-6-5-7-15(16)9-10-19(18)26;/h9-10,26H,5-8,11-12H2,1-4H3,(H2,21,22,23);1H. The molecule has 0 atom stereocenters. The molecule has 3 N–H and O–H groups in total. The highest BCUT2D eigenvalue weighted by molar-refractivity contribution is 14.0. The summed E-state index contributed by atoms with van der Waals surface area (Å²) in [7, 11) is 3.72. The zero-order valence-corrected chi connectivity index (χ0v) is 18.9. The Morgan fingerprint density at radius 3 is 2.44 bits per heavy atom. The lowest BCUT2D eigenvalue weighted by molar-refractivity contribution is 0.464. The quantitative estimate of drug-likeness (QED) is 0.355.